The topological polar surface area (TPSA) is 69.6 Å². The zero-order valence-electron chi connectivity index (χ0n) is 12.2. The van der Waals surface area contributed by atoms with E-state index < -0.39 is 11.9 Å². The second-order valence-corrected chi connectivity index (χ2v) is 6.20. The highest BCUT2D eigenvalue weighted by atomic mass is 35.5. The molecule has 0 aromatic heterocycles. The quantitative estimate of drug-likeness (QED) is 0.876. The van der Waals surface area contributed by atoms with E-state index in [0.717, 1.165) is 6.42 Å². The number of benzene rings is 1. The van der Waals surface area contributed by atoms with Gasteiger partial charge >= 0.3 is 0 Å². The molecule has 1 aromatic rings. The molecule has 2 atom stereocenters. The smallest absolute Gasteiger partial charge is 0.253 e. The predicted octanol–water partition coefficient (Wildman–Crippen LogP) is 1.95. The lowest BCUT2D eigenvalue weighted by Crippen LogP contribution is -2.46. The molecule has 1 heterocycles. The maximum absolute atomic E-state index is 12.3. The maximum atomic E-state index is 12.3. The summed E-state index contributed by atoms with van der Waals surface area (Å²) in [6.45, 7) is 2.82. The molecular weight excluding hydrogens is 327 g/mol. The van der Waals surface area contributed by atoms with Crippen molar-refractivity contribution in [2.75, 3.05) is 19.7 Å². The number of carbonyl (C=O) groups excluding carboxylic acids is 2. The van der Waals surface area contributed by atoms with Gasteiger partial charge in [0.15, 0.2) is 0 Å². The average Bonchev–Trinajstić information content (AvgIpc) is 2.98. The van der Waals surface area contributed by atoms with E-state index in [1.165, 1.54) is 0 Å². The van der Waals surface area contributed by atoms with Gasteiger partial charge in [0.2, 0.25) is 5.91 Å². The molecule has 1 aliphatic rings. The average molecular weight is 345 g/mol. The summed E-state index contributed by atoms with van der Waals surface area (Å²) in [6.07, 6.45) is 0.781. The van der Waals surface area contributed by atoms with Crippen LogP contribution in [0.3, 0.4) is 0 Å². The van der Waals surface area contributed by atoms with Gasteiger partial charge in [0, 0.05) is 25.6 Å². The number of nitrogens with one attached hydrogen (secondary N) is 1. The molecule has 1 aliphatic heterocycles. The number of amides is 2. The second kappa shape index (κ2) is 7.31. The first-order valence-electron chi connectivity index (χ1n) is 7.08. The molecular formula is C15H18Cl2N2O3. The van der Waals surface area contributed by atoms with E-state index in [2.05, 4.69) is 5.32 Å². The number of carbonyl (C=O) groups is 2. The summed E-state index contributed by atoms with van der Waals surface area (Å²) in [4.78, 5) is 26.2. The van der Waals surface area contributed by atoms with E-state index in [1.807, 2.05) is 0 Å². The molecule has 1 fully saturated rings. The van der Waals surface area contributed by atoms with Crippen LogP contribution in [0.25, 0.3) is 0 Å². The summed E-state index contributed by atoms with van der Waals surface area (Å²) in [5.41, 5.74) is 0.239. The predicted molar refractivity (Wildman–Crippen MR) is 85.2 cm³/mol. The number of nitrogens with zero attached hydrogens (tertiary/aromatic N) is 1. The van der Waals surface area contributed by atoms with Crippen LogP contribution in [0, 0.1) is 5.92 Å². The molecule has 7 heteroatoms. The summed E-state index contributed by atoms with van der Waals surface area (Å²) in [5, 5.41) is 12.2. The van der Waals surface area contributed by atoms with Crippen molar-refractivity contribution in [1.29, 1.82) is 0 Å². The van der Waals surface area contributed by atoms with Crippen molar-refractivity contribution in [3.05, 3.63) is 33.8 Å². The fourth-order valence-electron chi connectivity index (χ4n) is 2.47. The number of halogens is 2. The number of hydrogen-bond acceptors (Lipinski definition) is 3. The van der Waals surface area contributed by atoms with Crippen LogP contribution in [0.4, 0.5) is 0 Å². The maximum Gasteiger partial charge on any atom is 0.253 e. The lowest BCUT2D eigenvalue weighted by atomic mass is 10.1. The molecule has 0 radical (unpaired) electrons. The lowest BCUT2D eigenvalue weighted by Gasteiger charge is -2.22. The van der Waals surface area contributed by atoms with Gasteiger partial charge in [-0.05, 0) is 25.5 Å². The Hall–Kier alpha value is -1.30. The molecule has 2 amide bonds. The van der Waals surface area contributed by atoms with E-state index in [4.69, 9.17) is 28.3 Å². The molecule has 2 rings (SSSR count). The first kappa shape index (κ1) is 17.1. The fraction of sp³-hybridized carbons (Fsp3) is 0.467. The highest BCUT2D eigenvalue weighted by Crippen LogP contribution is 2.25. The van der Waals surface area contributed by atoms with Gasteiger partial charge in [-0.3, -0.25) is 9.59 Å². The first-order valence-corrected chi connectivity index (χ1v) is 7.84. The van der Waals surface area contributed by atoms with Gasteiger partial charge in [0.1, 0.15) is 6.04 Å². The molecule has 0 bridgehead atoms. The molecule has 120 valence electrons. The molecule has 0 aliphatic carbocycles. The Morgan fingerprint density at radius 1 is 1.45 bits per heavy atom. The Morgan fingerprint density at radius 3 is 2.82 bits per heavy atom. The molecule has 5 nitrogen and oxygen atoms in total. The van der Waals surface area contributed by atoms with Crippen LogP contribution in [0.15, 0.2) is 18.2 Å². The van der Waals surface area contributed by atoms with Gasteiger partial charge in [-0.1, -0.05) is 29.3 Å². The Morgan fingerprint density at radius 2 is 2.18 bits per heavy atom. The molecule has 0 saturated carbocycles. The van der Waals surface area contributed by atoms with Crippen LogP contribution in [0.1, 0.15) is 23.7 Å². The summed E-state index contributed by atoms with van der Waals surface area (Å²) in [5.74, 6) is -0.483. The number of hydrogen-bond donors (Lipinski definition) is 2. The minimum Gasteiger partial charge on any atom is -0.396 e. The van der Waals surface area contributed by atoms with Gasteiger partial charge in [-0.25, -0.2) is 0 Å². The van der Waals surface area contributed by atoms with Crippen LogP contribution in [-0.2, 0) is 4.79 Å². The number of rotatable bonds is 4. The van der Waals surface area contributed by atoms with Crippen molar-refractivity contribution in [1.82, 2.24) is 10.2 Å². The number of aliphatic hydroxyl groups excluding tert-OH is 1. The lowest BCUT2D eigenvalue weighted by molar-refractivity contribution is -0.131. The molecule has 1 saturated heterocycles. The molecule has 2 unspecified atom stereocenters. The van der Waals surface area contributed by atoms with Crippen molar-refractivity contribution in [3.63, 3.8) is 0 Å². The Labute approximate surface area is 139 Å². The first-order chi connectivity index (χ1) is 10.4. The molecule has 1 aromatic carbocycles. The van der Waals surface area contributed by atoms with E-state index in [9.17, 15) is 9.59 Å². The molecule has 0 spiro atoms. The Kier molecular flexibility index (Phi) is 5.67. The minimum absolute atomic E-state index is 0.0721. The SMILES string of the molecule is CC(NC(=O)c1cccc(Cl)c1Cl)C(=O)N1CCC(CO)C1. The monoisotopic (exact) mass is 344 g/mol. The van der Waals surface area contributed by atoms with Crippen molar-refractivity contribution in [2.24, 2.45) is 5.92 Å². The van der Waals surface area contributed by atoms with E-state index in [-0.39, 0.29) is 29.0 Å². The van der Waals surface area contributed by atoms with Crippen molar-refractivity contribution < 1.29 is 14.7 Å². The van der Waals surface area contributed by atoms with E-state index in [0.29, 0.717) is 18.1 Å². The van der Waals surface area contributed by atoms with Crippen molar-refractivity contribution in [2.45, 2.75) is 19.4 Å². The van der Waals surface area contributed by atoms with Gasteiger partial charge in [0.05, 0.1) is 15.6 Å². The van der Waals surface area contributed by atoms with Crippen LogP contribution in [0.2, 0.25) is 10.0 Å². The van der Waals surface area contributed by atoms with Crippen LogP contribution in [0.5, 0.6) is 0 Å². The Balaban J connectivity index is 1.99. The van der Waals surface area contributed by atoms with Gasteiger partial charge in [-0.2, -0.15) is 0 Å². The van der Waals surface area contributed by atoms with Gasteiger partial charge in [0.25, 0.3) is 5.91 Å². The van der Waals surface area contributed by atoms with Crippen molar-refractivity contribution >= 4 is 35.0 Å². The van der Waals surface area contributed by atoms with E-state index in [1.54, 1.807) is 30.0 Å². The highest BCUT2D eigenvalue weighted by molar-refractivity contribution is 6.43. The molecule has 22 heavy (non-hydrogen) atoms. The third-order valence-corrected chi connectivity index (χ3v) is 4.59. The standard InChI is InChI=1S/C15H18Cl2N2O3/c1-9(15(22)19-6-5-10(7-19)8-20)18-14(21)11-3-2-4-12(16)13(11)17/h2-4,9-10,20H,5-8H2,1H3,(H,18,21). The second-order valence-electron chi connectivity index (χ2n) is 5.42. The van der Waals surface area contributed by atoms with Gasteiger partial charge in [-0.15, -0.1) is 0 Å². The number of aliphatic hydroxyl groups is 1. The van der Waals surface area contributed by atoms with Crippen LogP contribution >= 0.6 is 23.2 Å². The van der Waals surface area contributed by atoms with Crippen LogP contribution in [-0.4, -0.2) is 47.6 Å². The third-order valence-electron chi connectivity index (χ3n) is 3.77. The highest BCUT2D eigenvalue weighted by Gasteiger charge is 2.29. The van der Waals surface area contributed by atoms with Crippen molar-refractivity contribution in [3.8, 4) is 0 Å². The summed E-state index contributed by atoms with van der Waals surface area (Å²) >= 11 is 11.9. The molecule has 2 N–H and O–H groups in total. The zero-order valence-corrected chi connectivity index (χ0v) is 13.7. The third kappa shape index (κ3) is 3.72. The Bertz CT molecular complexity index is 580. The summed E-state index contributed by atoms with van der Waals surface area (Å²) in [6, 6.07) is 4.11. The fourth-order valence-corrected chi connectivity index (χ4v) is 2.86. The minimum atomic E-state index is -0.667. The zero-order chi connectivity index (χ0) is 16.3. The summed E-state index contributed by atoms with van der Waals surface area (Å²) in [7, 11) is 0. The summed E-state index contributed by atoms with van der Waals surface area (Å²) < 4.78 is 0. The van der Waals surface area contributed by atoms with Crippen LogP contribution < -0.4 is 5.32 Å². The normalized spacial score (nSPS) is 19.1. The van der Waals surface area contributed by atoms with E-state index >= 15 is 0 Å². The number of likely N-dealkylation sites (tertiary alicyclic amines) is 1. The van der Waals surface area contributed by atoms with Gasteiger partial charge < -0.3 is 15.3 Å². The largest absolute Gasteiger partial charge is 0.396 e.